The summed E-state index contributed by atoms with van der Waals surface area (Å²) in [6, 6.07) is 12.0. The smallest absolute Gasteiger partial charge is 0.339 e. The molecule has 0 radical (unpaired) electrons. The van der Waals surface area contributed by atoms with E-state index in [4.69, 9.17) is 10.5 Å². The van der Waals surface area contributed by atoms with Crippen molar-refractivity contribution in [3.8, 4) is 11.5 Å². The van der Waals surface area contributed by atoms with Crippen molar-refractivity contribution in [2.75, 3.05) is 0 Å². The molecule has 2 aromatic carbocycles. The van der Waals surface area contributed by atoms with E-state index in [0.29, 0.717) is 23.0 Å². The summed E-state index contributed by atoms with van der Waals surface area (Å²) in [4.78, 5) is 11.0. The van der Waals surface area contributed by atoms with Crippen molar-refractivity contribution in [1.82, 2.24) is 5.06 Å². The van der Waals surface area contributed by atoms with E-state index in [1.807, 2.05) is 30.3 Å². The first-order valence-electron chi connectivity index (χ1n) is 7.55. The maximum absolute atomic E-state index is 12.9. The third-order valence-corrected chi connectivity index (χ3v) is 3.90. The van der Waals surface area contributed by atoms with E-state index in [1.165, 1.54) is 12.1 Å². The van der Waals surface area contributed by atoms with Gasteiger partial charge in [0, 0.05) is 0 Å². The second-order valence-electron chi connectivity index (χ2n) is 5.56. The van der Waals surface area contributed by atoms with Crippen LogP contribution < -0.4 is 10.5 Å². The first-order chi connectivity index (χ1) is 11.5. The van der Waals surface area contributed by atoms with E-state index < -0.39 is 12.1 Å². The van der Waals surface area contributed by atoms with Gasteiger partial charge in [0.05, 0.1) is 6.04 Å². The number of halogens is 1. The van der Waals surface area contributed by atoms with Crippen molar-refractivity contribution in [3.05, 3.63) is 66.0 Å². The van der Waals surface area contributed by atoms with Crippen LogP contribution in [0.2, 0.25) is 0 Å². The number of ether oxygens (including phenoxy) is 1. The van der Waals surface area contributed by atoms with Crippen molar-refractivity contribution in [3.63, 3.8) is 0 Å². The Morgan fingerprint density at radius 2 is 1.96 bits per heavy atom. The topological polar surface area (TPSA) is 75.8 Å². The summed E-state index contributed by atoms with van der Waals surface area (Å²) < 4.78 is 18.7. The molecule has 0 aromatic heterocycles. The molecule has 2 amide bonds. The normalized spacial score (nSPS) is 16.6. The number of amides is 2. The van der Waals surface area contributed by atoms with Gasteiger partial charge in [-0.25, -0.2) is 9.18 Å². The quantitative estimate of drug-likeness (QED) is 0.659. The van der Waals surface area contributed by atoms with Gasteiger partial charge in [-0.2, -0.15) is 5.06 Å². The van der Waals surface area contributed by atoms with E-state index in [9.17, 15) is 14.4 Å². The Hall–Kier alpha value is -2.86. The van der Waals surface area contributed by atoms with Gasteiger partial charge in [-0.15, -0.1) is 0 Å². The minimum Gasteiger partial charge on any atom is -0.457 e. The number of carbonyl (C=O) groups is 1. The van der Waals surface area contributed by atoms with Crippen LogP contribution in [0, 0.1) is 5.82 Å². The Bertz CT molecular complexity index is 774. The largest absolute Gasteiger partial charge is 0.457 e. The summed E-state index contributed by atoms with van der Waals surface area (Å²) in [6.45, 7) is 0. The molecular weight excluding hydrogens is 311 g/mol. The predicted octanol–water partition coefficient (Wildman–Crippen LogP) is 3.93. The van der Waals surface area contributed by atoms with E-state index in [1.54, 1.807) is 12.1 Å². The lowest BCUT2D eigenvalue weighted by Crippen LogP contribution is -2.39. The van der Waals surface area contributed by atoms with Crippen LogP contribution in [0.4, 0.5) is 9.18 Å². The molecule has 0 saturated heterocycles. The molecule has 1 unspecified atom stereocenters. The zero-order valence-electron chi connectivity index (χ0n) is 12.9. The van der Waals surface area contributed by atoms with Gasteiger partial charge in [0.25, 0.3) is 0 Å². The standard InChI is InChI=1S/C18H17FN2O3/c19-14-5-8-16(9-6-14)24-17-3-1-2-12(11-17)13-4-7-15(10-13)21(23)18(20)22/h1-3,5-6,8-11,15,23H,4,7H2,(H2,20,22). The summed E-state index contributed by atoms with van der Waals surface area (Å²) in [5.41, 5.74) is 7.03. The van der Waals surface area contributed by atoms with Crippen molar-refractivity contribution in [2.24, 2.45) is 5.73 Å². The molecule has 2 aromatic rings. The lowest BCUT2D eigenvalue weighted by atomic mass is 10.1. The molecule has 3 rings (SSSR count). The van der Waals surface area contributed by atoms with Crippen molar-refractivity contribution in [1.29, 1.82) is 0 Å². The first-order valence-corrected chi connectivity index (χ1v) is 7.55. The molecule has 5 nitrogen and oxygen atoms in total. The summed E-state index contributed by atoms with van der Waals surface area (Å²) in [7, 11) is 0. The Morgan fingerprint density at radius 1 is 1.21 bits per heavy atom. The zero-order valence-corrected chi connectivity index (χ0v) is 12.9. The van der Waals surface area contributed by atoms with Crippen LogP contribution in [0.15, 0.2) is 54.6 Å². The molecule has 0 saturated carbocycles. The molecule has 6 heteroatoms. The highest BCUT2D eigenvalue weighted by molar-refractivity contribution is 5.74. The number of benzene rings is 2. The van der Waals surface area contributed by atoms with Crippen molar-refractivity contribution in [2.45, 2.75) is 18.9 Å². The summed E-state index contributed by atoms with van der Waals surface area (Å²) in [6.07, 6.45) is 3.15. The fourth-order valence-electron chi connectivity index (χ4n) is 2.70. The number of hydroxylamine groups is 2. The predicted molar refractivity (Wildman–Crippen MR) is 87.1 cm³/mol. The number of carbonyl (C=O) groups excluding carboxylic acids is 1. The summed E-state index contributed by atoms with van der Waals surface area (Å²) in [5.74, 6) is 0.850. The van der Waals surface area contributed by atoms with E-state index in [2.05, 4.69) is 0 Å². The Labute approximate surface area is 138 Å². The lowest BCUT2D eigenvalue weighted by Gasteiger charge is -2.17. The Kier molecular flexibility index (Phi) is 4.48. The Balaban J connectivity index is 1.77. The number of nitrogens with two attached hydrogens (primary N) is 1. The second-order valence-corrected chi connectivity index (χ2v) is 5.56. The van der Waals surface area contributed by atoms with Gasteiger partial charge in [-0.05, 0) is 60.4 Å². The highest BCUT2D eigenvalue weighted by Crippen LogP contribution is 2.32. The molecule has 3 N–H and O–H groups in total. The van der Waals surface area contributed by atoms with Gasteiger partial charge in [-0.1, -0.05) is 18.2 Å². The van der Waals surface area contributed by atoms with Crippen LogP contribution >= 0.6 is 0 Å². The summed E-state index contributed by atoms with van der Waals surface area (Å²) in [5, 5.41) is 10.2. The van der Waals surface area contributed by atoms with Crippen LogP contribution in [0.3, 0.4) is 0 Å². The third kappa shape index (κ3) is 3.55. The minimum absolute atomic E-state index is 0.318. The van der Waals surface area contributed by atoms with Crippen LogP contribution in [-0.4, -0.2) is 22.3 Å². The third-order valence-electron chi connectivity index (χ3n) is 3.90. The first kappa shape index (κ1) is 16.0. The van der Waals surface area contributed by atoms with Gasteiger partial charge in [-0.3, -0.25) is 5.21 Å². The molecule has 0 heterocycles. The van der Waals surface area contributed by atoms with Crippen LogP contribution in [0.25, 0.3) is 5.57 Å². The van der Waals surface area contributed by atoms with Gasteiger partial charge >= 0.3 is 6.03 Å². The highest BCUT2D eigenvalue weighted by atomic mass is 19.1. The maximum atomic E-state index is 12.9. The Morgan fingerprint density at radius 3 is 2.67 bits per heavy atom. The number of hydrogen-bond donors (Lipinski definition) is 2. The number of hydrogen-bond acceptors (Lipinski definition) is 3. The van der Waals surface area contributed by atoms with Crippen LogP contribution in [-0.2, 0) is 0 Å². The number of rotatable bonds is 4. The molecular formula is C18H17FN2O3. The van der Waals surface area contributed by atoms with Gasteiger partial charge in [0.2, 0.25) is 0 Å². The number of primary amides is 1. The monoisotopic (exact) mass is 328 g/mol. The molecule has 0 aliphatic heterocycles. The van der Waals surface area contributed by atoms with Gasteiger partial charge in [0.15, 0.2) is 0 Å². The SMILES string of the molecule is NC(=O)N(O)C1C=C(c2cccc(Oc3ccc(F)cc3)c2)CC1. The van der Waals surface area contributed by atoms with Gasteiger partial charge < -0.3 is 10.5 Å². The number of allylic oxidation sites excluding steroid dienone is 1. The second kappa shape index (κ2) is 6.72. The molecule has 24 heavy (non-hydrogen) atoms. The van der Waals surface area contributed by atoms with Gasteiger partial charge in [0.1, 0.15) is 17.3 Å². The average Bonchev–Trinajstić information content (AvgIpc) is 3.06. The highest BCUT2D eigenvalue weighted by Gasteiger charge is 2.24. The molecule has 0 bridgehead atoms. The molecule has 0 spiro atoms. The zero-order chi connectivity index (χ0) is 17.1. The lowest BCUT2D eigenvalue weighted by molar-refractivity contribution is -0.0608. The molecule has 1 aliphatic carbocycles. The van der Waals surface area contributed by atoms with E-state index >= 15 is 0 Å². The van der Waals surface area contributed by atoms with Crippen molar-refractivity contribution >= 4 is 11.6 Å². The molecule has 1 atom stereocenters. The maximum Gasteiger partial charge on any atom is 0.339 e. The van der Waals surface area contributed by atoms with E-state index in [0.717, 1.165) is 17.6 Å². The molecule has 0 fully saturated rings. The minimum atomic E-state index is -0.870. The number of urea groups is 1. The van der Waals surface area contributed by atoms with Crippen LogP contribution in [0.1, 0.15) is 18.4 Å². The van der Waals surface area contributed by atoms with Crippen LogP contribution in [0.5, 0.6) is 11.5 Å². The average molecular weight is 328 g/mol. The number of nitrogens with zero attached hydrogens (tertiary/aromatic N) is 1. The summed E-state index contributed by atoms with van der Waals surface area (Å²) >= 11 is 0. The fourth-order valence-corrected chi connectivity index (χ4v) is 2.70. The fraction of sp³-hybridized carbons (Fsp3) is 0.167. The molecule has 1 aliphatic rings. The van der Waals surface area contributed by atoms with E-state index in [-0.39, 0.29) is 5.82 Å². The van der Waals surface area contributed by atoms with Crippen molar-refractivity contribution < 1.29 is 19.1 Å². The molecule has 124 valence electrons.